The standard InChI is InChI=1S/C64H48N2S/c1-3-21-43(22-4-1)46-32-17-23-44-24-18-33-51(62(44)46)47-27-7-13-38-57(47)66(58-39-14-8-28-48(58)52-34-20-42-61-63(52)55-31-11-16-41-60(55)67-61)59-40-15-10-30-50(59)54-36-19-35-53-49-29-9-12-37-56(49)65(64(53)54)45-25-5-2-6-26-45/h2,5-20,23-43H,1,3-4,21-22H2. The van der Waals surface area contributed by atoms with Gasteiger partial charge in [0.05, 0.1) is 28.1 Å². The molecule has 67 heavy (non-hydrogen) atoms. The molecular formula is C64H48N2S. The van der Waals surface area contributed by atoms with Crippen molar-refractivity contribution in [3.63, 3.8) is 0 Å². The summed E-state index contributed by atoms with van der Waals surface area (Å²) in [4.78, 5) is 2.59. The Morgan fingerprint density at radius 3 is 1.61 bits per heavy atom. The second-order valence-electron chi connectivity index (χ2n) is 18.1. The van der Waals surface area contributed by atoms with E-state index < -0.39 is 0 Å². The van der Waals surface area contributed by atoms with Gasteiger partial charge in [0.2, 0.25) is 0 Å². The van der Waals surface area contributed by atoms with Crippen molar-refractivity contribution in [1.29, 1.82) is 0 Å². The number of aromatic nitrogens is 1. The number of fused-ring (bicyclic) bond motifs is 7. The predicted octanol–water partition coefficient (Wildman–Crippen LogP) is 18.8. The Labute approximate surface area is 395 Å². The number of para-hydroxylation sites is 6. The van der Waals surface area contributed by atoms with Gasteiger partial charge in [-0.25, -0.2) is 0 Å². The Morgan fingerprint density at radius 2 is 0.881 bits per heavy atom. The Kier molecular flexibility index (Phi) is 9.83. The molecule has 0 atom stereocenters. The smallest absolute Gasteiger partial charge is 0.0620 e. The SMILES string of the molecule is c1ccc(-n2c3ccccc3c3cccc(-c4ccccc4N(c4ccccc4-c4cccc5cccc(C6CCCCC6)c45)c4ccccc4-c4cccc5sc6ccccc6c45)c32)cc1. The third-order valence-corrected chi connectivity index (χ3v) is 15.5. The molecule has 0 spiro atoms. The molecule has 0 amide bonds. The second kappa shape index (κ2) is 16.6. The Hall–Kier alpha value is -7.72. The summed E-state index contributed by atoms with van der Waals surface area (Å²) in [6.45, 7) is 0. The average molecular weight is 877 g/mol. The van der Waals surface area contributed by atoms with Crippen LogP contribution in [-0.4, -0.2) is 4.57 Å². The zero-order valence-electron chi connectivity index (χ0n) is 37.3. The van der Waals surface area contributed by atoms with Crippen LogP contribution in [0.2, 0.25) is 0 Å². The van der Waals surface area contributed by atoms with Crippen molar-refractivity contribution in [2.45, 2.75) is 38.0 Å². The first-order chi connectivity index (χ1) is 33.3. The number of nitrogens with zero attached hydrogens (tertiary/aromatic N) is 2. The quantitative estimate of drug-likeness (QED) is 0.148. The van der Waals surface area contributed by atoms with E-state index in [1.165, 1.54) is 118 Å². The van der Waals surface area contributed by atoms with E-state index in [0.29, 0.717) is 5.92 Å². The minimum Gasteiger partial charge on any atom is -0.309 e. The van der Waals surface area contributed by atoms with E-state index in [0.717, 1.165) is 28.3 Å². The van der Waals surface area contributed by atoms with E-state index in [1.54, 1.807) is 0 Å². The van der Waals surface area contributed by atoms with Gasteiger partial charge in [0, 0.05) is 58.9 Å². The van der Waals surface area contributed by atoms with Crippen LogP contribution in [0.5, 0.6) is 0 Å². The topological polar surface area (TPSA) is 8.17 Å². The average Bonchev–Trinajstić information content (AvgIpc) is 3.96. The van der Waals surface area contributed by atoms with Gasteiger partial charge in [-0.1, -0.05) is 195 Å². The first kappa shape index (κ1) is 39.6. The fourth-order valence-corrected chi connectivity index (χ4v) is 12.6. The van der Waals surface area contributed by atoms with Crippen LogP contribution in [-0.2, 0) is 0 Å². The molecule has 3 heteroatoms. The monoisotopic (exact) mass is 876 g/mol. The van der Waals surface area contributed by atoms with E-state index in [1.807, 2.05) is 11.3 Å². The lowest BCUT2D eigenvalue weighted by Crippen LogP contribution is -2.14. The number of rotatable bonds is 8. The number of thiophene rings is 1. The first-order valence-electron chi connectivity index (χ1n) is 23.9. The lowest BCUT2D eigenvalue weighted by Gasteiger charge is -2.32. The van der Waals surface area contributed by atoms with E-state index in [4.69, 9.17) is 0 Å². The largest absolute Gasteiger partial charge is 0.309 e. The van der Waals surface area contributed by atoms with E-state index in [-0.39, 0.29) is 0 Å². The van der Waals surface area contributed by atoms with Crippen molar-refractivity contribution < 1.29 is 0 Å². The normalized spacial score (nSPS) is 13.3. The highest BCUT2D eigenvalue weighted by molar-refractivity contribution is 7.25. The van der Waals surface area contributed by atoms with Gasteiger partial charge in [-0.2, -0.15) is 0 Å². The van der Waals surface area contributed by atoms with Crippen LogP contribution < -0.4 is 4.90 Å². The molecule has 1 aliphatic rings. The van der Waals surface area contributed by atoms with Crippen molar-refractivity contribution in [3.05, 3.63) is 230 Å². The third-order valence-electron chi connectivity index (χ3n) is 14.4. The number of benzene rings is 10. The summed E-state index contributed by atoms with van der Waals surface area (Å²) in [6.07, 6.45) is 6.41. The molecule has 12 aromatic rings. The van der Waals surface area contributed by atoms with Crippen LogP contribution in [0.25, 0.3) is 91.8 Å². The van der Waals surface area contributed by atoms with Crippen LogP contribution in [0, 0.1) is 0 Å². The predicted molar refractivity (Wildman–Crippen MR) is 288 cm³/mol. The molecule has 1 fully saturated rings. The fourth-order valence-electron chi connectivity index (χ4n) is 11.5. The summed E-state index contributed by atoms with van der Waals surface area (Å²) in [5, 5.41) is 7.78. The van der Waals surface area contributed by atoms with Gasteiger partial charge in [0.15, 0.2) is 0 Å². The summed E-state index contributed by atoms with van der Waals surface area (Å²) in [5.41, 5.74) is 15.7. The van der Waals surface area contributed by atoms with Crippen LogP contribution in [0.15, 0.2) is 224 Å². The lowest BCUT2D eigenvalue weighted by molar-refractivity contribution is 0.445. The van der Waals surface area contributed by atoms with Crippen molar-refractivity contribution in [3.8, 4) is 39.1 Å². The van der Waals surface area contributed by atoms with Gasteiger partial charge < -0.3 is 9.47 Å². The van der Waals surface area contributed by atoms with Gasteiger partial charge in [0.1, 0.15) is 0 Å². The van der Waals surface area contributed by atoms with Gasteiger partial charge in [-0.05, 0) is 94.8 Å². The maximum Gasteiger partial charge on any atom is 0.0620 e. The minimum atomic E-state index is 0.557. The Balaban J connectivity index is 1.12. The van der Waals surface area contributed by atoms with Crippen LogP contribution >= 0.6 is 11.3 Å². The summed E-state index contributed by atoms with van der Waals surface area (Å²) >= 11 is 1.88. The van der Waals surface area contributed by atoms with Crippen molar-refractivity contribution in [2.24, 2.45) is 0 Å². The molecule has 0 radical (unpaired) electrons. The van der Waals surface area contributed by atoms with Crippen LogP contribution in [0.4, 0.5) is 17.1 Å². The zero-order valence-corrected chi connectivity index (χ0v) is 38.1. The lowest BCUT2D eigenvalue weighted by atomic mass is 9.80. The van der Waals surface area contributed by atoms with Gasteiger partial charge >= 0.3 is 0 Å². The van der Waals surface area contributed by atoms with Gasteiger partial charge in [-0.15, -0.1) is 11.3 Å². The minimum absolute atomic E-state index is 0.557. The molecule has 0 unspecified atom stereocenters. The highest BCUT2D eigenvalue weighted by Crippen LogP contribution is 2.52. The molecule has 1 saturated carbocycles. The summed E-state index contributed by atoms with van der Waals surface area (Å²) in [5.74, 6) is 0.557. The molecule has 0 N–H and O–H groups in total. The molecule has 1 aliphatic carbocycles. The highest BCUT2D eigenvalue weighted by atomic mass is 32.1. The van der Waals surface area contributed by atoms with Crippen molar-refractivity contribution in [2.75, 3.05) is 4.90 Å². The summed E-state index contributed by atoms with van der Waals surface area (Å²) < 4.78 is 5.07. The summed E-state index contributed by atoms with van der Waals surface area (Å²) in [6, 6.07) is 83.7. The molecule has 320 valence electrons. The van der Waals surface area contributed by atoms with E-state index in [9.17, 15) is 0 Å². The fraction of sp³-hybridized carbons (Fsp3) is 0.0938. The molecule has 13 rings (SSSR count). The Morgan fingerprint density at radius 1 is 0.373 bits per heavy atom. The molecular weight excluding hydrogens is 829 g/mol. The molecule has 2 nitrogen and oxygen atoms in total. The number of hydrogen-bond donors (Lipinski definition) is 0. The van der Waals surface area contributed by atoms with Gasteiger partial charge in [0.25, 0.3) is 0 Å². The van der Waals surface area contributed by atoms with Crippen molar-refractivity contribution >= 4 is 81.1 Å². The molecule has 0 saturated heterocycles. The second-order valence-corrected chi connectivity index (χ2v) is 19.2. The maximum atomic E-state index is 2.59. The summed E-state index contributed by atoms with van der Waals surface area (Å²) in [7, 11) is 0. The molecule has 0 bridgehead atoms. The van der Waals surface area contributed by atoms with Crippen LogP contribution in [0.3, 0.4) is 0 Å². The highest BCUT2D eigenvalue weighted by Gasteiger charge is 2.27. The zero-order chi connectivity index (χ0) is 44.3. The first-order valence-corrected chi connectivity index (χ1v) is 24.7. The van der Waals surface area contributed by atoms with Gasteiger partial charge in [-0.3, -0.25) is 0 Å². The number of hydrogen-bond acceptors (Lipinski definition) is 2. The molecule has 2 aromatic heterocycles. The van der Waals surface area contributed by atoms with E-state index >= 15 is 0 Å². The molecule has 2 heterocycles. The maximum absolute atomic E-state index is 2.59. The van der Waals surface area contributed by atoms with E-state index in [2.05, 4.69) is 234 Å². The molecule has 10 aromatic carbocycles. The van der Waals surface area contributed by atoms with Crippen molar-refractivity contribution in [1.82, 2.24) is 4.57 Å². The van der Waals surface area contributed by atoms with Crippen LogP contribution in [0.1, 0.15) is 43.6 Å². The molecule has 0 aliphatic heterocycles. The Bertz CT molecular complexity index is 3810. The third kappa shape index (κ3) is 6.60. The number of anilines is 3.